The highest BCUT2D eigenvalue weighted by Crippen LogP contribution is 2.27. The van der Waals surface area contributed by atoms with Crippen molar-refractivity contribution in [2.24, 2.45) is 0 Å². The lowest BCUT2D eigenvalue weighted by Crippen LogP contribution is -2.29. The topological polar surface area (TPSA) is 55.3 Å². The number of nitrogens with two attached hydrogens (primary N) is 2. The SMILES string of the molecule is Cl.Cl.Nc1ccc(N2CCCCC2)c(N)c1. The molecule has 0 saturated carbocycles. The summed E-state index contributed by atoms with van der Waals surface area (Å²) in [5, 5.41) is 0. The van der Waals surface area contributed by atoms with Crippen LogP contribution in [0.5, 0.6) is 0 Å². The molecule has 0 radical (unpaired) electrons. The van der Waals surface area contributed by atoms with Crippen LogP contribution in [0, 0.1) is 0 Å². The first-order valence-corrected chi connectivity index (χ1v) is 5.17. The molecule has 0 aromatic heterocycles. The van der Waals surface area contributed by atoms with Gasteiger partial charge in [-0.15, -0.1) is 24.8 Å². The third kappa shape index (κ3) is 3.35. The van der Waals surface area contributed by atoms with Gasteiger partial charge in [-0.05, 0) is 37.5 Å². The second-order valence-corrected chi connectivity index (χ2v) is 3.87. The van der Waals surface area contributed by atoms with Gasteiger partial charge < -0.3 is 16.4 Å². The minimum absolute atomic E-state index is 0. The first kappa shape index (κ1) is 15.2. The van der Waals surface area contributed by atoms with E-state index in [1.54, 1.807) is 0 Å². The van der Waals surface area contributed by atoms with Crippen molar-refractivity contribution in [2.75, 3.05) is 29.5 Å². The first-order valence-electron chi connectivity index (χ1n) is 5.17. The molecule has 1 aromatic carbocycles. The maximum absolute atomic E-state index is 5.93. The molecule has 1 fully saturated rings. The Kier molecular flexibility index (Phi) is 6.38. The molecule has 0 amide bonds. The number of nitrogens with zero attached hydrogens (tertiary/aromatic N) is 1. The standard InChI is InChI=1S/C11H17N3.2ClH/c12-9-4-5-11(10(13)8-9)14-6-2-1-3-7-14;;/h4-5,8H,1-3,6-7,12-13H2;2*1H. The Labute approximate surface area is 109 Å². The van der Waals surface area contributed by atoms with Gasteiger partial charge in [-0.2, -0.15) is 0 Å². The van der Waals surface area contributed by atoms with Gasteiger partial charge in [0.15, 0.2) is 0 Å². The molecule has 1 heterocycles. The fraction of sp³-hybridized carbons (Fsp3) is 0.455. The molecule has 0 atom stereocenters. The summed E-state index contributed by atoms with van der Waals surface area (Å²) in [7, 11) is 0. The Bertz CT molecular complexity index is 325. The van der Waals surface area contributed by atoms with Crippen LogP contribution in [0.1, 0.15) is 19.3 Å². The summed E-state index contributed by atoms with van der Waals surface area (Å²) in [5.74, 6) is 0. The van der Waals surface area contributed by atoms with Crippen LogP contribution in [-0.2, 0) is 0 Å². The molecule has 1 aliphatic heterocycles. The number of benzene rings is 1. The quantitative estimate of drug-likeness (QED) is 0.767. The molecular weight excluding hydrogens is 245 g/mol. The molecule has 1 aliphatic rings. The number of halogens is 2. The number of rotatable bonds is 1. The average molecular weight is 264 g/mol. The zero-order valence-electron chi connectivity index (χ0n) is 9.19. The maximum Gasteiger partial charge on any atom is 0.0601 e. The Balaban J connectivity index is 0.00000112. The number of anilines is 3. The molecule has 0 bridgehead atoms. The summed E-state index contributed by atoms with van der Waals surface area (Å²) in [4.78, 5) is 2.35. The lowest BCUT2D eigenvalue weighted by atomic mass is 10.1. The molecule has 92 valence electrons. The van der Waals surface area contributed by atoms with Crippen molar-refractivity contribution >= 4 is 41.9 Å². The van der Waals surface area contributed by atoms with Crippen molar-refractivity contribution in [1.82, 2.24) is 0 Å². The highest BCUT2D eigenvalue weighted by Gasteiger charge is 2.12. The molecule has 3 nitrogen and oxygen atoms in total. The molecule has 5 heteroatoms. The highest BCUT2D eigenvalue weighted by molar-refractivity contribution is 5.85. The Morgan fingerprint density at radius 1 is 0.938 bits per heavy atom. The zero-order chi connectivity index (χ0) is 9.97. The van der Waals surface area contributed by atoms with Crippen LogP contribution in [0.4, 0.5) is 17.1 Å². The van der Waals surface area contributed by atoms with Gasteiger partial charge in [-0.25, -0.2) is 0 Å². The van der Waals surface area contributed by atoms with E-state index in [0.717, 1.165) is 30.2 Å². The van der Waals surface area contributed by atoms with Crippen molar-refractivity contribution < 1.29 is 0 Å². The summed E-state index contributed by atoms with van der Waals surface area (Å²) in [6.45, 7) is 2.24. The van der Waals surface area contributed by atoms with Gasteiger partial charge in [0.1, 0.15) is 0 Å². The van der Waals surface area contributed by atoms with Gasteiger partial charge in [0.25, 0.3) is 0 Å². The monoisotopic (exact) mass is 263 g/mol. The first-order chi connectivity index (χ1) is 6.77. The maximum atomic E-state index is 5.93. The lowest BCUT2D eigenvalue weighted by molar-refractivity contribution is 0.578. The molecule has 0 unspecified atom stereocenters. The van der Waals surface area contributed by atoms with Crippen molar-refractivity contribution in [3.8, 4) is 0 Å². The second kappa shape index (κ2) is 6.71. The van der Waals surface area contributed by atoms with E-state index in [-0.39, 0.29) is 24.8 Å². The largest absolute Gasteiger partial charge is 0.399 e. The summed E-state index contributed by atoms with van der Waals surface area (Å²) < 4.78 is 0. The number of nitrogen functional groups attached to an aromatic ring is 2. The fourth-order valence-corrected chi connectivity index (χ4v) is 2.00. The lowest BCUT2D eigenvalue weighted by Gasteiger charge is -2.29. The van der Waals surface area contributed by atoms with Gasteiger partial charge in [0.05, 0.1) is 11.4 Å². The Morgan fingerprint density at radius 2 is 1.56 bits per heavy atom. The zero-order valence-corrected chi connectivity index (χ0v) is 10.8. The summed E-state index contributed by atoms with van der Waals surface area (Å²) >= 11 is 0. The second-order valence-electron chi connectivity index (χ2n) is 3.87. The van der Waals surface area contributed by atoms with E-state index in [0.29, 0.717) is 0 Å². The van der Waals surface area contributed by atoms with Gasteiger partial charge in [-0.3, -0.25) is 0 Å². The molecule has 1 aromatic rings. The van der Waals surface area contributed by atoms with Crippen LogP contribution < -0.4 is 16.4 Å². The van der Waals surface area contributed by atoms with E-state index >= 15 is 0 Å². The van der Waals surface area contributed by atoms with E-state index in [9.17, 15) is 0 Å². The van der Waals surface area contributed by atoms with Gasteiger partial charge in [0, 0.05) is 18.8 Å². The Hall–Kier alpha value is -0.800. The smallest absolute Gasteiger partial charge is 0.0601 e. The molecule has 0 aliphatic carbocycles. The van der Waals surface area contributed by atoms with Crippen LogP contribution in [0.15, 0.2) is 18.2 Å². The van der Waals surface area contributed by atoms with E-state index in [4.69, 9.17) is 11.5 Å². The van der Waals surface area contributed by atoms with Crippen molar-refractivity contribution in [3.63, 3.8) is 0 Å². The normalized spacial score (nSPS) is 14.9. The predicted octanol–water partition coefficient (Wildman–Crippen LogP) is 2.68. The number of piperidine rings is 1. The third-order valence-electron chi connectivity index (χ3n) is 2.75. The third-order valence-corrected chi connectivity index (χ3v) is 2.75. The van der Waals surface area contributed by atoms with E-state index in [1.165, 1.54) is 19.3 Å². The van der Waals surface area contributed by atoms with E-state index in [1.807, 2.05) is 18.2 Å². The average Bonchev–Trinajstić information content (AvgIpc) is 2.19. The molecular formula is C11H19Cl2N3. The molecule has 16 heavy (non-hydrogen) atoms. The summed E-state index contributed by atoms with van der Waals surface area (Å²) in [5.41, 5.74) is 14.3. The number of hydrogen-bond acceptors (Lipinski definition) is 3. The minimum Gasteiger partial charge on any atom is -0.399 e. The van der Waals surface area contributed by atoms with Crippen LogP contribution in [0.25, 0.3) is 0 Å². The van der Waals surface area contributed by atoms with Crippen molar-refractivity contribution in [1.29, 1.82) is 0 Å². The van der Waals surface area contributed by atoms with Crippen LogP contribution >= 0.6 is 24.8 Å². The fourth-order valence-electron chi connectivity index (χ4n) is 2.00. The van der Waals surface area contributed by atoms with Crippen LogP contribution in [0.2, 0.25) is 0 Å². The minimum atomic E-state index is 0. The summed E-state index contributed by atoms with van der Waals surface area (Å²) in [6.07, 6.45) is 3.87. The molecule has 2 rings (SSSR count). The van der Waals surface area contributed by atoms with Crippen molar-refractivity contribution in [3.05, 3.63) is 18.2 Å². The Morgan fingerprint density at radius 3 is 2.12 bits per heavy atom. The van der Waals surface area contributed by atoms with Gasteiger partial charge >= 0.3 is 0 Å². The van der Waals surface area contributed by atoms with Crippen LogP contribution in [-0.4, -0.2) is 13.1 Å². The summed E-state index contributed by atoms with van der Waals surface area (Å²) in [6, 6.07) is 5.78. The molecule has 0 spiro atoms. The van der Waals surface area contributed by atoms with E-state index < -0.39 is 0 Å². The molecule has 4 N–H and O–H groups in total. The highest BCUT2D eigenvalue weighted by atomic mass is 35.5. The predicted molar refractivity (Wildman–Crippen MR) is 75.8 cm³/mol. The van der Waals surface area contributed by atoms with E-state index in [2.05, 4.69) is 4.90 Å². The van der Waals surface area contributed by atoms with Gasteiger partial charge in [-0.1, -0.05) is 0 Å². The molecule has 1 saturated heterocycles. The number of hydrogen-bond donors (Lipinski definition) is 2. The van der Waals surface area contributed by atoms with Crippen molar-refractivity contribution in [2.45, 2.75) is 19.3 Å². The van der Waals surface area contributed by atoms with Gasteiger partial charge in [0.2, 0.25) is 0 Å². The van der Waals surface area contributed by atoms with Crippen LogP contribution in [0.3, 0.4) is 0 Å².